The molecule has 2 aromatic rings. The predicted molar refractivity (Wildman–Crippen MR) is 129 cm³/mol. The molecular weight excluding hydrogens is 408 g/mol. The number of benzene rings is 2. The number of nitrogens with two attached hydrogens (primary N) is 1. The largest absolute Gasteiger partial charge is 0.387 e. The van der Waals surface area contributed by atoms with E-state index >= 15 is 0 Å². The van der Waals surface area contributed by atoms with Crippen LogP contribution in [0.1, 0.15) is 31.7 Å². The van der Waals surface area contributed by atoms with Crippen molar-refractivity contribution in [1.29, 1.82) is 0 Å². The molecule has 2 aromatic carbocycles. The first-order chi connectivity index (χ1) is 15.0. The molecule has 0 saturated heterocycles. The van der Waals surface area contributed by atoms with Gasteiger partial charge in [0.25, 0.3) is 0 Å². The number of rotatable bonds is 9. The molecule has 0 atom stereocenters. The number of amides is 2. The summed E-state index contributed by atoms with van der Waals surface area (Å²) in [6, 6.07) is 13.9. The van der Waals surface area contributed by atoms with Crippen LogP contribution in [0.2, 0.25) is 0 Å². The smallest absolute Gasteiger partial charge is 0.250 e. The third-order valence-corrected chi connectivity index (χ3v) is 5.34. The van der Waals surface area contributed by atoms with E-state index in [1.54, 1.807) is 0 Å². The summed E-state index contributed by atoms with van der Waals surface area (Å²) in [4.78, 5) is 31.0. The first-order valence-corrected chi connectivity index (χ1v) is 10.9. The van der Waals surface area contributed by atoms with E-state index in [1.165, 1.54) is 0 Å². The molecule has 2 amide bonds. The molecule has 6 nitrogen and oxygen atoms in total. The zero-order valence-corrected chi connectivity index (χ0v) is 18.6. The molecule has 7 heteroatoms. The second-order valence-electron chi connectivity index (χ2n) is 7.49. The lowest BCUT2D eigenvalue weighted by molar-refractivity contribution is -0.127. The highest BCUT2D eigenvalue weighted by molar-refractivity contribution is 7.80. The maximum atomic E-state index is 13.2. The van der Waals surface area contributed by atoms with Gasteiger partial charge in [0, 0.05) is 42.1 Å². The van der Waals surface area contributed by atoms with Gasteiger partial charge in [0.2, 0.25) is 12.3 Å². The summed E-state index contributed by atoms with van der Waals surface area (Å²) < 4.78 is 0. The number of nitrogens with zero attached hydrogens (tertiary/aromatic N) is 2. The van der Waals surface area contributed by atoms with Gasteiger partial charge in [-0.2, -0.15) is 0 Å². The van der Waals surface area contributed by atoms with Gasteiger partial charge in [-0.25, -0.2) is 4.99 Å². The van der Waals surface area contributed by atoms with E-state index in [9.17, 15) is 9.59 Å². The van der Waals surface area contributed by atoms with Gasteiger partial charge in [0.05, 0.1) is 5.69 Å². The maximum absolute atomic E-state index is 13.2. The fourth-order valence-electron chi connectivity index (χ4n) is 3.61. The molecule has 0 fully saturated rings. The average Bonchev–Trinajstić information content (AvgIpc) is 2.92. The molecule has 3 rings (SSSR count). The minimum atomic E-state index is -0.0363. The van der Waals surface area contributed by atoms with Crippen LogP contribution in [0.5, 0.6) is 0 Å². The van der Waals surface area contributed by atoms with E-state index in [1.807, 2.05) is 60.4 Å². The molecule has 1 aliphatic rings. The van der Waals surface area contributed by atoms with Crippen molar-refractivity contribution in [2.45, 2.75) is 31.1 Å². The van der Waals surface area contributed by atoms with Gasteiger partial charge >= 0.3 is 0 Å². The fourth-order valence-corrected chi connectivity index (χ4v) is 3.84. The standard InChI is InChI=1S/C24H28N4O2S/c1-2-10-28(11-4-9-26-16-29)24(30)20-12-19-8-7-18(14-22(19)27-23(25)15-20)17-5-3-6-21(31)13-17/h3,5-8,12-14,16,31H,2,4,9-11,15H2,1H3,(H2,25,27)(H,26,29). The molecule has 0 aromatic heterocycles. The lowest BCUT2D eigenvalue weighted by Crippen LogP contribution is -2.35. The summed E-state index contributed by atoms with van der Waals surface area (Å²) in [5.74, 6) is 0.378. The normalized spacial score (nSPS) is 12.8. The number of hydrogen-bond donors (Lipinski definition) is 3. The van der Waals surface area contributed by atoms with Crippen LogP contribution in [0.25, 0.3) is 17.2 Å². The van der Waals surface area contributed by atoms with E-state index in [-0.39, 0.29) is 5.91 Å². The van der Waals surface area contributed by atoms with Crippen molar-refractivity contribution >= 4 is 42.5 Å². The SMILES string of the molecule is CCCN(CCCNC=O)C(=O)C1=Cc2ccc(-c3cccc(S)c3)cc2N=C(N)C1. The second kappa shape index (κ2) is 10.8. The van der Waals surface area contributed by atoms with Crippen molar-refractivity contribution in [3.05, 3.63) is 53.6 Å². The molecule has 0 unspecified atom stereocenters. The van der Waals surface area contributed by atoms with Gasteiger partial charge in [-0.15, -0.1) is 12.6 Å². The Balaban J connectivity index is 1.87. The Bertz CT molecular complexity index is 1020. The van der Waals surface area contributed by atoms with Crippen LogP contribution in [0.4, 0.5) is 5.69 Å². The maximum Gasteiger partial charge on any atom is 0.250 e. The van der Waals surface area contributed by atoms with Crippen LogP contribution in [-0.4, -0.2) is 42.7 Å². The Hall–Kier alpha value is -3.06. The van der Waals surface area contributed by atoms with Gasteiger partial charge < -0.3 is 16.0 Å². The highest BCUT2D eigenvalue weighted by Gasteiger charge is 2.21. The Kier molecular flexibility index (Phi) is 7.89. The minimum absolute atomic E-state index is 0.0363. The third-order valence-electron chi connectivity index (χ3n) is 5.06. The Morgan fingerprint density at radius 1 is 1.23 bits per heavy atom. The molecule has 0 saturated carbocycles. The molecule has 1 aliphatic heterocycles. The van der Waals surface area contributed by atoms with Crippen molar-refractivity contribution < 1.29 is 9.59 Å². The van der Waals surface area contributed by atoms with Crippen molar-refractivity contribution in [3.63, 3.8) is 0 Å². The molecule has 0 radical (unpaired) electrons. The summed E-state index contributed by atoms with van der Waals surface area (Å²) in [6.45, 7) is 3.81. The number of carbonyl (C=O) groups excluding carboxylic acids is 2. The Labute approximate surface area is 188 Å². The van der Waals surface area contributed by atoms with Gasteiger partial charge in [-0.3, -0.25) is 9.59 Å². The first-order valence-electron chi connectivity index (χ1n) is 10.4. The average molecular weight is 437 g/mol. The number of nitrogens with one attached hydrogen (secondary N) is 1. The van der Waals surface area contributed by atoms with E-state index in [0.717, 1.165) is 33.7 Å². The van der Waals surface area contributed by atoms with Gasteiger partial charge in [0.1, 0.15) is 5.84 Å². The van der Waals surface area contributed by atoms with Gasteiger partial charge in [0.15, 0.2) is 0 Å². The summed E-state index contributed by atoms with van der Waals surface area (Å²) >= 11 is 4.42. The highest BCUT2D eigenvalue weighted by Crippen LogP contribution is 2.32. The van der Waals surface area contributed by atoms with Crippen LogP contribution in [0, 0.1) is 0 Å². The van der Waals surface area contributed by atoms with E-state index in [2.05, 4.69) is 22.9 Å². The number of aliphatic imine (C=N–C) groups is 1. The van der Waals surface area contributed by atoms with Crippen LogP contribution in [0.3, 0.4) is 0 Å². The van der Waals surface area contributed by atoms with Crippen LogP contribution in [-0.2, 0) is 9.59 Å². The van der Waals surface area contributed by atoms with Crippen LogP contribution in [0.15, 0.2) is 57.9 Å². The number of carbonyl (C=O) groups is 2. The summed E-state index contributed by atoms with van der Waals surface area (Å²) in [7, 11) is 0. The number of amidine groups is 1. The quantitative estimate of drug-likeness (QED) is 0.317. The lowest BCUT2D eigenvalue weighted by Gasteiger charge is -2.23. The van der Waals surface area contributed by atoms with Crippen molar-refractivity contribution in [1.82, 2.24) is 10.2 Å². The monoisotopic (exact) mass is 436 g/mol. The fraction of sp³-hybridized carbons (Fsp3) is 0.292. The summed E-state index contributed by atoms with van der Waals surface area (Å²) in [5, 5.41) is 2.64. The van der Waals surface area contributed by atoms with Crippen LogP contribution < -0.4 is 11.1 Å². The number of hydrogen-bond acceptors (Lipinski definition) is 5. The van der Waals surface area contributed by atoms with Crippen molar-refractivity contribution in [2.75, 3.05) is 19.6 Å². The van der Waals surface area contributed by atoms with E-state index in [4.69, 9.17) is 5.73 Å². The van der Waals surface area contributed by atoms with Crippen molar-refractivity contribution in [3.8, 4) is 11.1 Å². The van der Waals surface area contributed by atoms with E-state index in [0.29, 0.717) is 50.3 Å². The third kappa shape index (κ3) is 5.98. The van der Waals surface area contributed by atoms with Crippen LogP contribution >= 0.6 is 12.6 Å². The molecule has 1 heterocycles. The second-order valence-corrected chi connectivity index (χ2v) is 8.01. The Morgan fingerprint density at radius 2 is 2.03 bits per heavy atom. The molecule has 31 heavy (non-hydrogen) atoms. The van der Waals surface area contributed by atoms with Crippen molar-refractivity contribution in [2.24, 2.45) is 10.7 Å². The zero-order chi connectivity index (χ0) is 22.2. The molecular formula is C24H28N4O2S. The van der Waals surface area contributed by atoms with Gasteiger partial charge in [-0.1, -0.05) is 31.2 Å². The lowest BCUT2D eigenvalue weighted by atomic mass is 10.0. The number of thiol groups is 1. The molecule has 0 bridgehead atoms. The summed E-state index contributed by atoms with van der Waals surface area (Å²) in [5.41, 5.74) is 10.5. The van der Waals surface area contributed by atoms with Gasteiger partial charge in [-0.05, 0) is 48.2 Å². The molecule has 162 valence electrons. The minimum Gasteiger partial charge on any atom is -0.387 e. The number of fused-ring (bicyclic) bond motifs is 1. The first kappa shape index (κ1) is 22.6. The molecule has 0 aliphatic carbocycles. The summed E-state index contributed by atoms with van der Waals surface area (Å²) in [6.07, 6.45) is 4.43. The molecule has 3 N–H and O–H groups in total. The zero-order valence-electron chi connectivity index (χ0n) is 17.7. The Morgan fingerprint density at radius 3 is 2.77 bits per heavy atom. The molecule has 0 spiro atoms. The van der Waals surface area contributed by atoms with E-state index < -0.39 is 0 Å². The predicted octanol–water partition coefficient (Wildman–Crippen LogP) is 3.79. The highest BCUT2D eigenvalue weighted by atomic mass is 32.1. The topological polar surface area (TPSA) is 87.8 Å².